The molecule has 1 aliphatic rings. The number of carboxylic acids is 1. The van der Waals surface area contributed by atoms with E-state index in [9.17, 15) is 9.59 Å². The molecule has 2 aromatic rings. The predicted octanol–water partition coefficient (Wildman–Crippen LogP) is 0.241. The molecule has 1 aromatic carbocycles. The lowest BCUT2D eigenvalue weighted by Gasteiger charge is -2.31. The van der Waals surface area contributed by atoms with Crippen LogP contribution in [0.3, 0.4) is 0 Å². The van der Waals surface area contributed by atoms with Crippen LogP contribution in [0.25, 0.3) is 5.69 Å². The maximum atomic E-state index is 12.8. The molecule has 1 amide bonds. The molecule has 1 atom stereocenters. The largest absolute Gasteiger partial charge is 0.479 e. The minimum atomic E-state index is -1.10. The van der Waals surface area contributed by atoms with E-state index in [0.29, 0.717) is 17.3 Å². The smallest absolute Gasteiger partial charge is 0.334 e. The van der Waals surface area contributed by atoms with Crippen LogP contribution in [0.1, 0.15) is 10.4 Å². The summed E-state index contributed by atoms with van der Waals surface area (Å²) >= 11 is 5.99. The minimum Gasteiger partial charge on any atom is -0.479 e. The number of morpholine rings is 1. The molecule has 0 spiro atoms. The standard InChI is InChI=1S/C13H12ClN5O4/c14-8-1-2-10(19-7-15-16-17-19)9(5-8)12(20)18-3-4-23-11(6-18)13(21)22/h1-2,5,7,11H,3-4,6H2,(H,21,22). The second-order valence-electron chi connectivity index (χ2n) is 4.86. The first-order valence-corrected chi connectivity index (χ1v) is 7.10. The first kappa shape index (κ1) is 15.4. The summed E-state index contributed by atoms with van der Waals surface area (Å²) in [4.78, 5) is 25.2. The van der Waals surface area contributed by atoms with Gasteiger partial charge in [-0.25, -0.2) is 4.79 Å². The number of ether oxygens (including phenoxy) is 1. The van der Waals surface area contributed by atoms with Crippen molar-refractivity contribution < 1.29 is 19.4 Å². The maximum Gasteiger partial charge on any atom is 0.334 e. The Kier molecular flexibility index (Phi) is 4.22. The van der Waals surface area contributed by atoms with Crippen LogP contribution in [0, 0.1) is 0 Å². The number of aliphatic carboxylic acids is 1. The molecule has 0 bridgehead atoms. The molecule has 1 N–H and O–H groups in total. The predicted molar refractivity (Wildman–Crippen MR) is 77.4 cm³/mol. The van der Waals surface area contributed by atoms with Crippen LogP contribution in [-0.4, -0.2) is 67.9 Å². The summed E-state index contributed by atoms with van der Waals surface area (Å²) in [7, 11) is 0. The molecule has 9 nitrogen and oxygen atoms in total. The van der Waals surface area contributed by atoms with Crippen molar-refractivity contribution in [3.63, 3.8) is 0 Å². The lowest BCUT2D eigenvalue weighted by Crippen LogP contribution is -2.48. The highest BCUT2D eigenvalue weighted by Crippen LogP contribution is 2.21. The van der Waals surface area contributed by atoms with Gasteiger partial charge in [0.1, 0.15) is 6.33 Å². The molecule has 0 radical (unpaired) electrons. The van der Waals surface area contributed by atoms with Gasteiger partial charge in [0.05, 0.1) is 24.4 Å². The SMILES string of the molecule is O=C(O)C1CN(C(=O)c2cc(Cl)ccc2-n2cnnn2)CCO1. The highest BCUT2D eigenvalue weighted by atomic mass is 35.5. The van der Waals surface area contributed by atoms with Crippen molar-refractivity contribution in [1.82, 2.24) is 25.1 Å². The molecule has 0 aliphatic carbocycles. The molecular weight excluding hydrogens is 326 g/mol. The zero-order chi connectivity index (χ0) is 16.4. The Morgan fingerprint density at radius 3 is 2.91 bits per heavy atom. The fraction of sp³-hybridized carbons (Fsp3) is 0.308. The number of hydrogen-bond donors (Lipinski definition) is 1. The Morgan fingerprint density at radius 1 is 1.39 bits per heavy atom. The van der Waals surface area contributed by atoms with Crippen molar-refractivity contribution in [1.29, 1.82) is 0 Å². The number of halogens is 1. The summed E-state index contributed by atoms with van der Waals surface area (Å²) in [5, 5.41) is 20.3. The van der Waals surface area contributed by atoms with Crippen LogP contribution in [0.2, 0.25) is 5.02 Å². The van der Waals surface area contributed by atoms with E-state index in [1.165, 1.54) is 22.0 Å². The third-order valence-electron chi connectivity index (χ3n) is 3.41. The topological polar surface area (TPSA) is 110 Å². The maximum absolute atomic E-state index is 12.8. The Morgan fingerprint density at radius 2 is 2.22 bits per heavy atom. The van der Waals surface area contributed by atoms with Gasteiger partial charge in [0.25, 0.3) is 5.91 Å². The van der Waals surface area contributed by atoms with E-state index in [4.69, 9.17) is 21.4 Å². The van der Waals surface area contributed by atoms with Crippen molar-refractivity contribution in [2.45, 2.75) is 6.10 Å². The average Bonchev–Trinajstić information content (AvgIpc) is 3.08. The van der Waals surface area contributed by atoms with Crippen LogP contribution in [0.15, 0.2) is 24.5 Å². The van der Waals surface area contributed by atoms with Crippen LogP contribution in [-0.2, 0) is 9.53 Å². The van der Waals surface area contributed by atoms with Crippen molar-refractivity contribution in [2.24, 2.45) is 0 Å². The molecule has 1 unspecified atom stereocenters. The minimum absolute atomic E-state index is 0.0320. The summed E-state index contributed by atoms with van der Waals surface area (Å²) in [5.74, 6) is -1.46. The zero-order valence-corrected chi connectivity index (χ0v) is 12.5. The molecule has 120 valence electrons. The van der Waals surface area contributed by atoms with Gasteiger partial charge in [0.15, 0.2) is 6.10 Å². The molecule has 3 rings (SSSR count). The van der Waals surface area contributed by atoms with Crippen LogP contribution >= 0.6 is 11.6 Å². The molecule has 1 saturated heterocycles. The monoisotopic (exact) mass is 337 g/mol. The van der Waals surface area contributed by atoms with Gasteiger partial charge in [-0.1, -0.05) is 11.6 Å². The molecule has 1 fully saturated rings. The van der Waals surface area contributed by atoms with E-state index in [-0.39, 0.29) is 24.6 Å². The van der Waals surface area contributed by atoms with Gasteiger partial charge in [0, 0.05) is 11.6 Å². The Bertz CT molecular complexity index is 736. The Hall–Kier alpha value is -2.52. The number of tetrazole rings is 1. The third-order valence-corrected chi connectivity index (χ3v) is 3.65. The second kappa shape index (κ2) is 6.31. The van der Waals surface area contributed by atoms with Crippen molar-refractivity contribution in [2.75, 3.05) is 19.7 Å². The summed E-state index contributed by atoms with van der Waals surface area (Å²) in [5.41, 5.74) is 0.749. The fourth-order valence-electron chi connectivity index (χ4n) is 2.30. The van der Waals surface area contributed by atoms with Crippen LogP contribution in [0.4, 0.5) is 0 Å². The van der Waals surface area contributed by atoms with Gasteiger partial charge < -0.3 is 14.7 Å². The number of carboxylic acid groups (broad SMARTS) is 1. The summed E-state index contributed by atoms with van der Waals surface area (Å²) in [6.45, 7) is 0.420. The van der Waals surface area contributed by atoms with Gasteiger partial charge in [-0.15, -0.1) is 5.10 Å². The number of hydrogen-bond acceptors (Lipinski definition) is 6. The Labute approximate surface area is 135 Å². The average molecular weight is 338 g/mol. The number of amides is 1. The van der Waals surface area contributed by atoms with Gasteiger partial charge in [-0.05, 0) is 28.6 Å². The first-order valence-electron chi connectivity index (χ1n) is 6.73. The Balaban J connectivity index is 1.93. The van der Waals surface area contributed by atoms with E-state index in [1.807, 2.05) is 0 Å². The number of carbonyl (C=O) groups excluding carboxylic acids is 1. The number of aromatic nitrogens is 4. The van der Waals surface area contributed by atoms with E-state index in [0.717, 1.165) is 0 Å². The third kappa shape index (κ3) is 3.15. The van der Waals surface area contributed by atoms with Crippen molar-refractivity contribution in [3.05, 3.63) is 35.1 Å². The van der Waals surface area contributed by atoms with E-state index in [1.54, 1.807) is 12.1 Å². The van der Waals surface area contributed by atoms with Gasteiger partial charge >= 0.3 is 5.97 Å². The number of nitrogens with zero attached hydrogens (tertiary/aromatic N) is 5. The molecular formula is C13H12ClN5O4. The molecule has 0 saturated carbocycles. The summed E-state index contributed by atoms with van der Waals surface area (Å²) in [6.07, 6.45) is 0.322. The van der Waals surface area contributed by atoms with Crippen LogP contribution < -0.4 is 0 Å². The van der Waals surface area contributed by atoms with Gasteiger partial charge in [-0.3, -0.25) is 4.79 Å². The van der Waals surface area contributed by atoms with Gasteiger partial charge in [-0.2, -0.15) is 4.68 Å². The molecule has 1 aliphatic heterocycles. The zero-order valence-electron chi connectivity index (χ0n) is 11.8. The van der Waals surface area contributed by atoms with E-state index < -0.39 is 12.1 Å². The molecule has 2 heterocycles. The lowest BCUT2D eigenvalue weighted by molar-refractivity contribution is -0.154. The molecule has 10 heteroatoms. The fourth-order valence-corrected chi connectivity index (χ4v) is 2.48. The molecule has 1 aromatic heterocycles. The quantitative estimate of drug-likeness (QED) is 0.854. The lowest BCUT2D eigenvalue weighted by atomic mass is 10.1. The van der Waals surface area contributed by atoms with Gasteiger partial charge in [0.2, 0.25) is 0 Å². The highest BCUT2D eigenvalue weighted by Gasteiger charge is 2.30. The van der Waals surface area contributed by atoms with E-state index >= 15 is 0 Å². The molecule has 23 heavy (non-hydrogen) atoms. The van der Waals surface area contributed by atoms with Crippen LogP contribution in [0.5, 0.6) is 0 Å². The van der Waals surface area contributed by atoms with Crippen molar-refractivity contribution >= 4 is 23.5 Å². The normalized spacial score (nSPS) is 18.0. The number of benzene rings is 1. The van der Waals surface area contributed by atoms with Crippen molar-refractivity contribution in [3.8, 4) is 5.69 Å². The highest BCUT2D eigenvalue weighted by molar-refractivity contribution is 6.31. The van der Waals surface area contributed by atoms with E-state index in [2.05, 4.69) is 15.5 Å². The number of rotatable bonds is 3. The summed E-state index contributed by atoms with van der Waals surface area (Å²) < 4.78 is 6.47. The first-order chi connectivity index (χ1) is 11.1. The second-order valence-corrected chi connectivity index (χ2v) is 5.30. The number of carbonyl (C=O) groups is 2. The summed E-state index contributed by atoms with van der Waals surface area (Å²) in [6, 6.07) is 4.75.